The summed E-state index contributed by atoms with van der Waals surface area (Å²) in [7, 11) is 0. The zero-order valence-electron chi connectivity index (χ0n) is 10.2. The molecule has 3 N–H and O–H groups in total. The van der Waals surface area contributed by atoms with Crippen LogP contribution in [0.15, 0.2) is 24.3 Å². The lowest BCUT2D eigenvalue weighted by Crippen LogP contribution is -2.07. The van der Waals surface area contributed by atoms with Gasteiger partial charge >= 0.3 is 0 Å². The molecule has 0 unspecified atom stereocenters. The fourth-order valence-electron chi connectivity index (χ4n) is 1.45. The van der Waals surface area contributed by atoms with Crippen molar-refractivity contribution in [3.05, 3.63) is 24.3 Å². The smallest absolute Gasteiger partial charge is 0.121 e. The molecular weight excluding hydrogens is 200 g/mol. The standard InChI is InChI=1S/C13H22N2O/c1-11(2)16-13-7-5-6-12(10-13)15-9-4-3-8-14/h5-7,10-11,15H,3-4,8-9,14H2,1-2H3. The molecular formula is C13H22N2O. The highest BCUT2D eigenvalue weighted by Gasteiger charge is 1.98. The zero-order chi connectivity index (χ0) is 11.8. The predicted molar refractivity (Wildman–Crippen MR) is 69.0 cm³/mol. The van der Waals surface area contributed by atoms with E-state index >= 15 is 0 Å². The number of hydrogen-bond acceptors (Lipinski definition) is 3. The third kappa shape index (κ3) is 5.03. The first-order chi connectivity index (χ1) is 7.72. The number of anilines is 1. The van der Waals surface area contributed by atoms with E-state index in [1.165, 1.54) is 0 Å². The quantitative estimate of drug-likeness (QED) is 0.697. The SMILES string of the molecule is CC(C)Oc1cccc(NCCCCN)c1. The first-order valence-corrected chi connectivity index (χ1v) is 5.93. The van der Waals surface area contributed by atoms with E-state index in [2.05, 4.69) is 11.4 Å². The Labute approximate surface area is 98.0 Å². The van der Waals surface area contributed by atoms with E-state index in [-0.39, 0.29) is 6.10 Å². The maximum atomic E-state index is 5.62. The van der Waals surface area contributed by atoms with Gasteiger partial charge < -0.3 is 15.8 Å². The lowest BCUT2D eigenvalue weighted by molar-refractivity contribution is 0.242. The van der Waals surface area contributed by atoms with Crippen molar-refractivity contribution in [1.82, 2.24) is 0 Å². The molecule has 0 bridgehead atoms. The molecule has 1 aromatic carbocycles. The van der Waals surface area contributed by atoms with Gasteiger partial charge in [0.05, 0.1) is 6.10 Å². The molecule has 0 fully saturated rings. The summed E-state index contributed by atoms with van der Waals surface area (Å²) in [6, 6.07) is 8.06. The Hall–Kier alpha value is -1.22. The lowest BCUT2D eigenvalue weighted by Gasteiger charge is -2.11. The van der Waals surface area contributed by atoms with Crippen molar-refractivity contribution in [1.29, 1.82) is 0 Å². The monoisotopic (exact) mass is 222 g/mol. The van der Waals surface area contributed by atoms with E-state index in [0.717, 1.165) is 37.4 Å². The number of benzene rings is 1. The second-order valence-corrected chi connectivity index (χ2v) is 4.12. The summed E-state index contributed by atoms with van der Waals surface area (Å²) in [6.07, 6.45) is 2.38. The van der Waals surface area contributed by atoms with E-state index in [1.807, 2.05) is 32.0 Å². The summed E-state index contributed by atoms with van der Waals surface area (Å²) in [5, 5.41) is 3.36. The lowest BCUT2D eigenvalue weighted by atomic mass is 10.2. The molecule has 0 saturated heterocycles. The van der Waals surface area contributed by atoms with Gasteiger partial charge in [0.2, 0.25) is 0 Å². The van der Waals surface area contributed by atoms with Crippen LogP contribution in [-0.2, 0) is 0 Å². The molecule has 0 aliphatic rings. The summed E-state index contributed by atoms with van der Waals surface area (Å²) in [5.41, 5.74) is 6.55. The molecule has 0 saturated carbocycles. The van der Waals surface area contributed by atoms with Crippen LogP contribution in [0.25, 0.3) is 0 Å². The van der Waals surface area contributed by atoms with Gasteiger partial charge in [-0.15, -0.1) is 0 Å². The zero-order valence-corrected chi connectivity index (χ0v) is 10.2. The Morgan fingerprint density at radius 3 is 2.81 bits per heavy atom. The Balaban J connectivity index is 2.41. The minimum Gasteiger partial charge on any atom is -0.491 e. The predicted octanol–water partition coefficient (Wildman–Crippen LogP) is 2.62. The molecule has 0 aliphatic heterocycles. The number of ether oxygens (including phenoxy) is 1. The van der Waals surface area contributed by atoms with E-state index in [4.69, 9.17) is 10.5 Å². The van der Waals surface area contributed by atoms with Gasteiger partial charge in [-0.2, -0.15) is 0 Å². The Kier molecular flexibility index (Phi) is 5.72. The Bertz CT molecular complexity index is 300. The van der Waals surface area contributed by atoms with Gasteiger partial charge in [-0.25, -0.2) is 0 Å². The summed E-state index contributed by atoms with van der Waals surface area (Å²) in [5.74, 6) is 0.916. The molecule has 0 radical (unpaired) electrons. The average Bonchev–Trinajstić information content (AvgIpc) is 2.24. The molecule has 1 aromatic rings. The highest BCUT2D eigenvalue weighted by atomic mass is 16.5. The number of rotatable bonds is 7. The molecule has 0 atom stereocenters. The van der Waals surface area contributed by atoms with Crippen LogP contribution in [0.2, 0.25) is 0 Å². The minimum absolute atomic E-state index is 0.215. The van der Waals surface area contributed by atoms with Gasteiger partial charge in [0.15, 0.2) is 0 Å². The summed E-state index contributed by atoms with van der Waals surface area (Å²) < 4.78 is 5.62. The van der Waals surface area contributed by atoms with E-state index in [0.29, 0.717) is 0 Å². The van der Waals surface area contributed by atoms with Gasteiger partial charge in [-0.1, -0.05) is 6.07 Å². The summed E-state index contributed by atoms with van der Waals surface area (Å²) in [6.45, 7) is 5.78. The second-order valence-electron chi connectivity index (χ2n) is 4.12. The highest BCUT2D eigenvalue weighted by molar-refractivity contribution is 5.48. The Morgan fingerprint density at radius 2 is 2.12 bits per heavy atom. The van der Waals surface area contributed by atoms with Crippen LogP contribution in [0.5, 0.6) is 5.75 Å². The van der Waals surface area contributed by atoms with Crippen molar-refractivity contribution in [3.63, 3.8) is 0 Å². The van der Waals surface area contributed by atoms with Gasteiger partial charge in [-0.05, 0) is 45.4 Å². The fourth-order valence-corrected chi connectivity index (χ4v) is 1.45. The number of nitrogens with one attached hydrogen (secondary N) is 1. The molecule has 1 rings (SSSR count). The number of hydrogen-bond donors (Lipinski definition) is 2. The summed E-state index contributed by atoms with van der Waals surface area (Å²) in [4.78, 5) is 0. The van der Waals surface area contributed by atoms with Gasteiger partial charge in [0.1, 0.15) is 5.75 Å². The van der Waals surface area contributed by atoms with Crippen molar-refractivity contribution < 1.29 is 4.74 Å². The van der Waals surface area contributed by atoms with E-state index in [1.54, 1.807) is 0 Å². The molecule has 16 heavy (non-hydrogen) atoms. The molecule has 0 aliphatic carbocycles. The van der Waals surface area contributed by atoms with Crippen LogP contribution in [0.3, 0.4) is 0 Å². The highest BCUT2D eigenvalue weighted by Crippen LogP contribution is 2.18. The second kappa shape index (κ2) is 7.12. The fraction of sp³-hybridized carbons (Fsp3) is 0.538. The topological polar surface area (TPSA) is 47.3 Å². The van der Waals surface area contributed by atoms with E-state index < -0.39 is 0 Å². The maximum absolute atomic E-state index is 5.62. The van der Waals surface area contributed by atoms with Crippen LogP contribution in [0.4, 0.5) is 5.69 Å². The van der Waals surface area contributed by atoms with Gasteiger partial charge in [0, 0.05) is 18.3 Å². The van der Waals surface area contributed by atoms with Crippen LogP contribution in [0.1, 0.15) is 26.7 Å². The Morgan fingerprint density at radius 1 is 1.31 bits per heavy atom. The molecule has 0 spiro atoms. The third-order valence-corrected chi connectivity index (χ3v) is 2.17. The van der Waals surface area contributed by atoms with Crippen molar-refractivity contribution in [2.45, 2.75) is 32.8 Å². The number of unbranched alkanes of at least 4 members (excludes halogenated alkanes) is 1. The van der Waals surface area contributed by atoms with Crippen LogP contribution in [0, 0.1) is 0 Å². The average molecular weight is 222 g/mol. The molecule has 3 nitrogen and oxygen atoms in total. The first-order valence-electron chi connectivity index (χ1n) is 5.93. The maximum Gasteiger partial charge on any atom is 0.121 e. The van der Waals surface area contributed by atoms with E-state index in [9.17, 15) is 0 Å². The largest absolute Gasteiger partial charge is 0.491 e. The number of nitrogens with two attached hydrogens (primary N) is 1. The van der Waals surface area contributed by atoms with Crippen molar-refractivity contribution in [2.24, 2.45) is 5.73 Å². The normalized spacial score (nSPS) is 10.5. The van der Waals surface area contributed by atoms with Crippen molar-refractivity contribution >= 4 is 5.69 Å². The molecule has 3 heteroatoms. The molecule has 90 valence electrons. The van der Waals surface area contributed by atoms with Gasteiger partial charge in [-0.3, -0.25) is 0 Å². The van der Waals surface area contributed by atoms with Crippen LogP contribution < -0.4 is 15.8 Å². The first kappa shape index (κ1) is 12.8. The van der Waals surface area contributed by atoms with Crippen molar-refractivity contribution in [2.75, 3.05) is 18.4 Å². The molecule has 0 amide bonds. The molecule has 0 heterocycles. The van der Waals surface area contributed by atoms with Crippen LogP contribution in [-0.4, -0.2) is 19.2 Å². The summed E-state index contributed by atoms with van der Waals surface area (Å²) >= 11 is 0. The van der Waals surface area contributed by atoms with Crippen LogP contribution >= 0.6 is 0 Å². The molecule has 0 aromatic heterocycles. The minimum atomic E-state index is 0.215. The third-order valence-electron chi connectivity index (χ3n) is 2.17. The van der Waals surface area contributed by atoms with Crippen molar-refractivity contribution in [3.8, 4) is 5.75 Å². The van der Waals surface area contributed by atoms with Gasteiger partial charge in [0.25, 0.3) is 0 Å².